The number of nitrogens with one attached hydrogen (secondary N) is 1. The number of carbonyl (C=O) groups excluding carboxylic acids is 2. The van der Waals surface area contributed by atoms with Crippen LogP contribution in [0.15, 0.2) is 34.9 Å². The zero-order chi connectivity index (χ0) is 15.4. The van der Waals surface area contributed by atoms with Crippen molar-refractivity contribution >= 4 is 33.6 Å². The fourth-order valence-electron chi connectivity index (χ4n) is 1.58. The zero-order valence-corrected chi connectivity index (χ0v) is 12.3. The van der Waals surface area contributed by atoms with Crippen LogP contribution in [0.1, 0.15) is 20.7 Å². The van der Waals surface area contributed by atoms with E-state index in [2.05, 4.69) is 26.3 Å². The van der Waals surface area contributed by atoms with E-state index in [0.29, 0.717) is 5.56 Å². The molecule has 0 radical (unpaired) electrons. The SMILES string of the molecule is N#Cc1cnn(C(=O)CNC(=O)c2ccc(Br)cc2)c1N. The minimum atomic E-state index is -0.528. The first-order valence-electron chi connectivity index (χ1n) is 5.83. The van der Waals surface area contributed by atoms with Crippen molar-refractivity contribution in [3.8, 4) is 6.07 Å². The Morgan fingerprint density at radius 2 is 2.05 bits per heavy atom. The van der Waals surface area contributed by atoms with Gasteiger partial charge in [-0.3, -0.25) is 9.59 Å². The second kappa shape index (κ2) is 6.19. The molecule has 0 saturated heterocycles. The van der Waals surface area contributed by atoms with E-state index < -0.39 is 5.91 Å². The number of hydrogen-bond donors (Lipinski definition) is 2. The predicted molar refractivity (Wildman–Crippen MR) is 78.5 cm³/mol. The highest BCUT2D eigenvalue weighted by Gasteiger charge is 2.15. The number of nitrogen functional groups attached to an aromatic ring is 1. The highest BCUT2D eigenvalue weighted by atomic mass is 79.9. The monoisotopic (exact) mass is 347 g/mol. The average molecular weight is 348 g/mol. The number of hydrogen-bond acceptors (Lipinski definition) is 5. The van der Waals surface area contributed by atoms with E-state index in [1.807, 2.05) is 6.07 Å². The molecule has 1 aromatic carbocycles. The smallest absolute Gasteiger partial charge is 0.268 e. The van der Waals surface area contributed by atoms with Crippen LogP contribution in [0.2, 0.25) is 0 Å². The van der Waals surface area contributed by atoms with Gasteiger partial charge in [0.05, 0.1) is 12.7 Å². The van der Waals surface area contributed by atoms with Gasteiger partial charge in [-0.05, 0) is 24.3 Å². The van der Waals surface area contributed by atoms with Crippen molar-refractivity contribution < 1.29 is 9.59 Å². The molecular weight excluding hydrogens is 338 g/mol. The van der Waals surface area contributed by atoms with Crippen molar-refractivity contribution in [1.82, 2.24) is 15.1 Å². The molecule has 0 aliphatic carbocycles. The van der Waals surface area contributed by atoms with Gasteiger partial charge in [0.15, 0.2) is 0 Å². The van der Waals surface area contributed by atoms with Crippen molar-refractivity contribution in [2.45, 2.75) is 0 Å². The number of rotatable bonds is 3. The molecule has 1 amide bonds. The summed E-state index contributed by atoms with van der Waals surface area (Å²) in [6, 6.07) is 8.51. The number of aromatic nitrogens is 2. The molecular formula is C13H10BrN5O2. The average Bonchev–Trinajstić information content (AvgIpc) is 2.86. The number of halogens is 1. The van der Waals surface area contributed by atoms with Gasteiger partial charge in [-0.1, -0.05) is 15.9 Å². The van der Waals surface area contributed by atoms with E-state index in [1.165, 1.54) is 6.20 Å². The van der Waals surface area contributed by atoms with Gasteiger partial charge in [-0.25, -0.2) is 0 Å². The van der Waals surface area contributed by atoms with Gasteiger partial charge in [-0.15, -0.1) is 0 Å². The molecule has 0 aliphatic rings. The van der Waals surface area contributed by atoms with Gasteiger partial charge in [0.1, 0.15) is 17.5 Å². The lowest BCUT2D eigenvalue weighted by molar-refractivity contribution is 0.0852. The molecule has 2 aromatic rings. The minimum absolute atomic E-state index is 0.0413. The molecule has 1 heterocycles. The van der Waals surface area contributed by atoms with E-state index in [1.54, 1.807) is 24.3 Å². The molecule has 21 heavy (non-hydrogen) atoms. The van der Waals surface area contributed by atoms with Crippen molar-refractivity contribution in [2.24, 2.45) is 0 Å². The molecule has 106 valence electrons. The number of carbonyl (C=O) groups is 2. The van der Waals surface area contributed by atoms with E-state index in [9.17, 15) is 9.59 Å². The standard InChI is InChI=1S/C13H10BrN5O2/c14-10-3-1-8(2-4-10)13(21)17-7-11(20)19-12(16)9(5-15)6-18-19/h1-4,6H,7,16H2,(H,17,21). The summed E-state index contributed by atoms with van der Waals surface area (Å²) in [5, 5.41) is 14.9. The third-order valence-corrected chi connectivity index (χ3v) is 3.20. The van der Waals surface area contributed by atoms with E-state index in [4.69, 9.17) is 11.0 Å². The number of nitrogens with zero attached hydrogens (tertiary/aromatic N) is 3. The summed E-state index contributed by atoms with van der Waals surface area (Å²) in [6.45, 7) is -0.272. The lowest BCUT2D eigenvalue weighted by Crippen LogP contribution is -2.33. The largest absolute Gasteiger partial charge is 0.382 e. The molecule has 0 atom stereocenters. The molecule has 0 fully saturated rings. The van der Waals surface area contributed by atoms with E-state index in [-0.39, 0.29) is 23.8 Å². The highest BCUT2D eigenvalue weighted by Crippen LogP contribution is 2.11. The number of benzene rings is 1. The van der Waals surface area contributed by atoms with Crippen molar-refractivity contribution in [3.63, 3.8) is 0 Å². The third-order valence-electron chi connectivity index (χ3n) is 2.67. The van der Waals surface area contributed by atoms with Crippen LogP contribution in [0.5, 0.6) is 0 Å². The van der Waals surface area contributed by atoms with Gasteiger partial charge < -0.3 is 11.1 Å². The quantitative estimate of drug-likeness (QED) is 0.864. The second-order valence-electron chi connectivity index (χ2n) is 4.05. The molecule has 0 unspecified atom stereocenters. The van der Waals surface area contributed by atoms with Crippen molar-refractivity contribution in [3.05, 3.63) is 46.1 Å². The van der Waals surface area contributed by atoms with Crippen LogP contribution in [0.3, 0.4) is 0 Å². The Balaban J connectivity index is 2.01. The summed E-state index contributed by atoms with van der Waals surface area (Å²) in [5.41, 5.74) is 6.13. The van der Waals surface area contributed by atoms with Crippen molar-refractivity contribution in [2.75, 3.05) is 12.3 Å². The van der Waals surface area contributed by atoms with Crippen LogP contribution >= 0.6 is 15.9 Å². The van der Waals surface area contributed by atoms with Gasteiger partial charge in [0.25, 0.3) is 11.8 Å². The Bertz CT molecular complexity index is 730. The van der Waals surface area contributed by atoms with Gasteiger partial charge in [0.2, 0.25) is 0 Å². The Hall–Kier alpha value is -2.66. The molecule has 0 aliphatic heterocycles. The zero-order valence-electron chi connectivity index (χ0n) is 10.7. The van der Waals surface area contributed by atoms with Crippen LogP contribution in [-0.4, -0.2) is 28.1 Å². The highest BCUT2D eigenvalue weighted by molar-refractivity contribution is 9.10. The van der Waals surface area contributed by atoms with Gasteiger partial charge >= 0.3 is 0 Å². The molecule has 0 spiro atoms. The first-order valence-corrected chi connectivity index (χ1v) is 6.63. The van der Waals surface area contributed by atoms with E-state index >= 15 is 0 Å². The number of amides is 1. The number of nitrogens with two attached hydrogens (primary N) is 1. The Morgan fingerprint density at radius 1 is 1.38 bits per heavy atom. The third kappa shape index (κ3) is 3.27. The molecule has 7 nitrogen and oxygen atoms in total. The molecule has 3 N–H and O–H groups in total. The Labute approximate surface area is 128 Å². The Morgan fingerprint density at radius 3 is 2.62 bits per heavy atom. The first-order chi connectivity index (χ1) is 10.0. The van der Waals surface area contributed by atoms with Crippen LogP contribution in [0.25, 0.3) is 0 Å². The second-order valence-corrected chi connectivity index (χ2v) is 4.97. The maximum absolute atomic E-state index is 11.9. The molecule has 1 aromatic heterocycles. The maximum Gasteiger partial charge on any atom is 0.268 e. The van der Waals surface area contributed by atoms with Crippen LogP contribution in [-0.2, 0) is 0 Å². The first kappa shape index (κ1) is 14.7. The number of nitriles is 1. The fourth-order valence-corrected chi connectivity index (χ4v) is 1.84. The van der Waals surface area contributed by atoms with Gasteiger partial charge in [0, 0.05) is 10.0 Å². The van der Waals surface area contributed by atoms with Crippen LogP contribution < -0.4 is 11.1 Å². The molecule has 2 rings (SSSR count). The summed E-state index contributed by atoms with van der Waals surface area (Å²) in [5.74, 6) is -0.957. The van der Waals surface area contributed by atoms with E-state index in [0.717, 1.165) is 9.15 Å². The summed E-state index contributed by atoms with van der Waals surface area (Å²) in [6.07, 6.45) is 1.20. The summed E-state index contributed by atoms with van der Waals surface area (Å²) < 4.78 is 1.74. The maximum atomic E-state index is 11.9. The summed E-state index contributed by atoms with van der Waals surface area (Å²) >= 11 is 3.27. The molecule has 0 saturated carbocycles. The molecule has 0 bridgehead atoms. The van der Waals surface area contributed by atoms with Crippen molar-refractivity contribution in [1.29, 1.82) is 5.26 Å². The Kier molecular flexibility index (Phi) is 4.35. The van der Waals surface area contributed by atoms with Crippen LogP contribution in [0, 0.1) is 11.3 Å². The topological polar surface area (TPSA) is 114 Å². The normalized spacial score (nSPS) is 9.90. The summed E-state index contributed by atoms with van der Waals surface area (Å²) in [7, 11) is 0. The molecule has 8 heteroatoms. The minimum Gasteiger partial charge on any atom is -0.382 e. The summed E-state index contributed by atoms with van der Waals surface area (Å²) in [4.78, 5) is 23.7. The lowest BCUT2D eigenvalue weighted by atomic mass is 10.2. The predicted octanol–water partition coefficient (Wildman–Crippen LogP) is 1.17. The number of anilines is 1. The van der Waals surface area contributed by atoms with Gasteiger partial charge in [-0.2, -0.15) is 15.0 Å². The lowest BCUT2D eigenvalue weighted by Gasteiger charge is -2.06. The van der Waals surface area contributed by atoms with Crippen LogP contribution in [0.4, 0.5) is 5.82 Å². The fraction of sp³-hybridized carbons (Fsp3) is 0.0769.